The van der Waals surface area contributed by atoms with Crippen molar-refractivity contribution in [3.63, 3.8) is 0 Å². The minimum atomic E-state index is -0.496. The third kappa shape index (κ3) is 4.97. The summed E-state index contributed by atoms with van der Waals surface area (Å²) in [7, 11) is 1.65. The van der Waals surface area contributed by atoms with Crippen molar-refractivity contribution in [1.82, 2.24) is 4.98 Å². The summed E-state index contributed by atoms with van der Waals surface area (Å²) in [6.45, 7) is 8.94. The Morgan fingerprint density at radius 1 is 1.18 bits per heavy atom. The van der Waals surface area contributed by atoms with Crippen LogP contribution in [0.5, 0.6) is 5.75 Å². The Bertz CT molecular complexity index is 1210. The standard InChI is InChI=1S/C26H29N5O3/c1-4-18-16-28-24(15-22(18)30-25-17(2)6-5-7-20(25)26(27)32)29-21-9-8-19(14-23(21)33-3)31-10-12-34-13-11-31/h4-9,14-16H,1,10-13H2,2-3H3,(H2,27,32)(H2,28,29,30). The first-order chi connectivity index (χ1) is 16.5. The number of ether oxygens (including phenoxy) is 2. The highest BCUT2D eigenvalue weighted by atomic mass is 16.5. The second kappa shape index (κ2) is 10.3. The smallest absolute Gasteiger partial charge is 0.250 e. The number of anilines is 5. The summed E-state index contributed by atoms with van der Waals surface area (Å²) in [5, 5.41) is 6.68. The van der Waals surface area contributed by atoms with Crippen LogP contribution in [0.2, 0.25) is 0 Å². The van der Waals surface area contributed by atoms with Crippen LogP contribution in [0.4, 0.5) is 28.6 Å². The maximum atomic E-state index is 12.0. The first-order valence-corrected chi connectivity index (χ1v) is 11.1. The third-order valence-electron chi connectivity index (χ3n) is 5.78. The van der Waals surface area contributed by atoms with Crippen LogP contribution in [0.25, 0.3) is 6.08 Å². The van der Waals surface area contributed by atoms with Crippen molar-refractivity contribution in [3.05, 3.63) is 71.9 Å². The molecule has 1 aliphatic heterocycles. The number of amides is 1. The van der Waals surface area contributed by atoms with E-state index in [1.807, 2.05) is 31.2 Å². The number of carbonyl (C=O) groups excluding carboxylic acids is 1. The Balaban J connectivity index is 1.63. The fraction of sp³-hybridized carbons (Fsp3) is 0.231. The largest absolute Gasteiger partial charge is 0.494 e. The molecule has 1 amide bonds. The van der Waals surface area contributed by atoms with Gasteiger partial charge in [0.1, 0.15) is 11.6 Å². The summed E-state index contributed by atoms with van der Waals surface area (Å²) >= 11 is 0. The van der Waals surface area contributed by atoms with E-state index in [1.54, 1.807) is 31.5 Å². The molecule has 0 aliphatic carbocycles. The predicted molar refractivity (Wildman–Crippen MR) is 137 cm³/mol. The van der Waals surface area contributed by atoms with E-state index in [-0.39, 0.29) is 0 Å². The van der Waals surface area contributed by atoms with Crippen LogP contribution >= 0.6 is 0 Å². The number of aromatic nitrogens is 1. The number of rotatable bonds is 8. The summed E-state index contributed by atoms with van der Waals surface area (Å²) in [6, 6.07) is 13.3. The summed E-state index contributed by atoms with van der Waals surface area (Å²) < 4.78 is 11.1. The molecule has 4 N–H and O–H groups in total. The van der Waals surface area contributed by atoms with Gasteiger partial charge in [0.25, 0.3) is 5.91 Å². The average molecular weight is 460 g/mol. The molecule has 1 saturated heterocycles. The molecule has 1 aromatic heterocycles. The SMILES string of the molecule is C=Cc1cnc(Nc2ccc(N3CCOCC3)cc2OC)cc1Nc1c(C)cccc1C(N)=O. The molecule has 8 nitrogen and oxygen atoms in total. The van der Waals surface area contributed by atoms with E-state index in [0.717, 1.165) is 54.5 Å². The van der Waals surface area contributed by atoms with Crippen LogP contribution in [0.3, 0.4) is 0 Å². The number of hydrogen-bond donors (Lipinski definition) is 3. The van der Waals surface area contributed by atoms with Gasteiger partial charge in [0, 0.05) is 42.7 Å². The fourth-order valence-electron chi connectivity index (χ4n) is 3.92. The Kier molecular flexibility index (Phi) is 6.98. The molecule has 1 aliphatic rings. The van der Waals surface area contributed by atoms with Gasteiger partial charge in [0.2, 0.25) is 0 Å². The highest BCUT2D eigenvalue weighted by Gasteiger charge is 2.15. The topological polar surface area (TPSA) is 102 Å². The van der Waals surface area contributed by atoms with Crippen LogP contribution in [-0.4, -0.2) is 44.3 Å². The number of morpholine rings is 1. The van der Waals surface area contributed by atoms with Crippen LogP contribution in [0.1, 0.15) is 21.5 Å². The van der Waals surface area contributed by atoms with Gasteiger partial charge in [-0.2, -0.15) is 0 Å². The van der Waals surface area contributed by atoms with Crippen molar-refractivity contribution in [3.8, 4) is 5.75 Å². The molecule has 0 bridgehead atoms. The molecule has 2 aromatic carbocycles. The normalized spacial score (nSPS) is 13.3. The molecule has 34 heavy (non-hydrogen) atoms. The van der Waals surface area contributed by atoms with E-state index in [4.69, 9.17) is 15.2 Å². The summed E-state index contributed by atoms with van der Waals surface area (Å²) in [5.74, 6) is 0.826. The highest BCUT2D eigenvalue weighted by Crippen LogP contribution is 2.34. The van der Waals surface area contributed by atoms with Crippen molar-refractivity contribution in [2.24, 2.45) is 5.73 Å². The van der Waals surface area contributed by atoms with E-state index in [2.05, 4.69) is 33.2 Å². The molecule has 2 heterocycles. The Hall–Kier alpha value is -4.04. The zero-order valence-corrected chi connectivity index (χ0v) is 19.4. The number of hydrogen-bond acceptors (Lipinski definition) is 7. The Labute approximate surface area is 199 Å². The van der Waals surface area contributed by atoms with Gasteiger partial charge < -0.3 is 30.7 Å². The fourth-order valence-corrected chi connectivity index (χ4v) is 3.92. The Morgan fingerprint density at radius 2 is 1.97 bits per heavy atom. The van der Waals surface area contributed by atoms with Crippen molar-refractivity contribution in [2.75, 3.05) is 48.9 Å². The van der Waals surface area contributed by atoms with Crippen LogP contribution in [0.15, 0.2) is 55.2 Å². The number of carbonyl (C=O) groups is 1. The minimum Gasteiger partial charge on any atom is -0.494 e. The van der Waals surface area contributed by atoms with Gasteiger partial charge in [-0.1, -0.05) is 24.8 Å². The summed E-state index contributed by atoms with van der Waals surface area (Å²) in [6.07, 6.45) is 3.42. The van der Waals surface area contributed by atoms with Crippen molar-refractivity contribution < 1.29 is 14.3 Å². The zero-order valence-electron chi connectivity index (χ0n) is 19.4. The predicted octanol–water partition coefficient (Wildman–Crippen LogP) is 4.46. The van der Waals surface area contributed by atoms with Crippen molar-refractivity contribution in [2.45, 2.75) is 6.92 Å². The maximum Gasteiger partial charge on any atom is 0.250 e. The molecule has 0 atom stereocenters. The number of aryl methyl sites for hydroxylation is 1. The molecule has 0 radical (unpaired) electrons. The number of methoxy groups -OCH3 is 1. The van der Waals surface area contributed by atoms with E-state index >= 15 is 0 Å². The van der Waals surface area contributed by atoms with Gasteiger partial charge in [-0.05, 0) is 30.7 Å². The van der Waals surface area contributed by atoms with E-state index in [0.29, 0.717) is 22.8 Å². The van der Waals surface area contributed by atoms with Gasteiger partial charge in [-0.25, -0.2) is 4.98 Å². The minimum absolute atomic E-state index is 0.418. The molecule has 0 unspecified atom stereocenters. The van der Waals surface area contributed by atoms with Gasteiger partial charge in [0.15, 0.2) is 0 Å². The first kappa shape index (κ1) is 23.1. The number of primary amides is 1. The highest BCUT2D eigenvalue weighted by molar-refractivity contribution is 6.00. The van der Waals surface area contributed by atoms with E-state index in [9.17, 15) is 4.79 Å². The van der Waals surface area contributed by atoms with Crippen molar-refractivity contribution in [1.29, 1.82) is 0 Å². The third-order valence-corrected chi connectivity index (χ3v) is 5.78. The quantitative estimate of drug-likeness (QED) is 0.457. The molecule has 4 rings (SSSR count). The first-order valence-electron chi connectivity index (χ1n) is 11.1. The second-order valence-electron chi connectivity index (χ2n) is 7.96. The summed E-state index contributed by atoms with van der Waals surface area (Å²) in [5.41, 5.74) is 11.0. The lowest BCUT2D eigenvalue weighted by molar-refractivity contribution is 0.100. The van der Waals surface area contributed by atoms with Crippen molar-refractivity contribution >= 4 is 40.6 Å². The number of nitrogens with zero attached hydrogens (tertiary/aromatic N) is 2. The molecule has 176 valence electrons. The molecule has 0 saturated carbocycles. The molecular weight excluding hydrogens is 430 g/mol. The van der Waals surface area contributed by atoms with Gasteiger partial charge in [-0.3, -0.25) is 4.79 Å². The number of benzene rings is 2. The van der Waals surface area contributed by atoms with Crippen LogP contribution < -0.4 is 26.0 Å². The lowest BCUT2D eigenvalue weighted by atomic mass is 10.1. The molecule has 3 aromatic rings. The maximum absolute atomic E-state index is 12.0. The van der Waals surface area contributed by atoms with E-state index < -0.39 is 5.91 Å². The monoisotopic (exact) mass is 459 g/mol. The molecule has 1 fully saturated rings. The zero-order chi connectivity index (χ0) is 24.1. The summed E-state index contributed by atoms with van der Waals surface area (Å²) in [4.78, 5) is 18.7. The van der Waals surface area contributed by atoms with Crippen LogP contribution in [0, 0.1) is 6.92 Å². The lowest BCUT2D eigenvalue weighted by Crippen LogP contribution is -2.36. The number of pyridine rings is 1. The molecule has 0 spiro atoms. The van der Waals surface area contributed by atoms with Crippen LogP contribution in [-0.2, 0) is 4.74 Å². The van der Waals surface area contributed by atoms with Gasteiger partial charge in [0.05, 0.1) is 42.9 Å². The number of para-hydroxylation sites is 1. The number of nitrogens with one attached hydrogen (secondary N) is 2. The van der Waals surface area contributed by atoms with Gasteiger partial charge in [-0.15, -0.1) is 0 Å². The molecule has 8 heteroatoms. The average Bonchev–Trinajstić information content (AvgIpc) is 2.86. The molecular formula is C26H29N5O3. The Morgan fingerprint density at radius 3 is 2.68 bits per heavy atom. The second-order valence-corrected chi connectivity index (χ2v) is 7.96. The van der Waals surface area contributed by atoms with E-state index in [1.165, 1.54) is 0 Å². The lowest BCUT2D eigenvalue weighted by Gasteiger charge is -2.29. The van der Waals surface area contributed by atoms with Gasteiger partial charge >= 0.3 is 0 Å². The number of nitrogens with two attached hydrogens (primary N) is 1.